The number of hydrazone groups is 1. The topological polar surface area (TPSA) is 144 Å². The molecule has 3 aromatic carbocycles. The van der Waals surface area contributed by atoms with Crippen molar-refractivity contribution in [2.75, 3.05) is 30.5 Å². The average Bonchev–Trinajstić information content (AvgIpc) is 2.94. The highest BCUT2D eigenvalue weighted by Gasteiger charge is 2.12. The highest BCUT2D eigenvalue weighted by molar-refractivity contribution is 9.10. The van der Waals surface area contributed by atoms with Crippen LogP contribution in [0.1, 0.15) is 36.2 Å². The number of carbonyl (C=O) groups is 4. The Hall–Kier alpha value is -4.71. The van der Waals surface area contributed by atoms with Crippen molar-refractivity contribution in [1.82, 2.24) is 5.43 Å². The van der Waals surface area contributed by atoms with Gasteiger partial charge in [-0.1, -0.05) is 12.1 Å². The SMILES string of the molecule is CCOC(=O)c1ccc(NC(=O)COc2ccc(C=NNC(=O)CC(=O)Nc3ccccc3Br)cc2OCC)cc1. The van der Waals surface area contributed by atoms with Crippen LogP contribution in [0.3, 0.4) is 0 Å². The number of rotatable bonds is 13. The molecule has 0 saturated heterocycles. The molecule has 12 heteroatoms. The van der Waals surface area contributed by atoms with Crippen molar-refractivity contribution in [3.63, 3.8) is 0 Å². The molecule has 3 rings (SSSR count). The highest BCUT2D eigenvalue weighted by atomic mass is 79.9. The maximum Gasteiger partial charge on any atom is 0.338 e. The van der Waals surface area contributed by atoms with Crippen molar-refractivity contribution in [3.8, 4) is 11.5 Å². The zero-order valence-electron chi connectivity index (χ0n) is 22.4. The first-order valence-electron chi connectivity index (χ1n) is 12.6. The maximum atomic E-state index is 12.4. The van der Waals surface area contributed by atoms with E-state index in [2.05, 4.69) is 37.1 Å². The van der Waals surface area contributed by atoms with E-state index in [1.54, 1.807) is 74.5 Å². The highest BCUT2D eigenvalue weighted by Crippen LogP contribution is 2.28. The number of carbonyl (C=O) groups excluding carboxylic acids is 4. The van der Waals surface area contributed by atoms with E-state index >= 15 is 0 Å². The van der Waals surface area contributed by atoms with Crippen LogP contribution in [0.5, 0.6) is 11.5 Å². The number of para-hydroxylation sites is 1. The van der Waals surface area contributed by atoms with Crippen LogP contribution in [0.2, 0.25) is 0 Å². The molecule has 0 heterocycles. The molecule has 0 aromatic heterocycles. The van der Waals surface area contributed by atoms with E-state index in [0.717, 1.165) is 0 Å². The van der Waals surface area contributed by atoms with Crippen LogP contribution in [-0.2, 0) is 19.1 Å². The van der Waals surface area contributed by atoms with E-state index in [-0.39, 0.29) is 13.2 Å². The van der Waals surface area contributed by atoms with E-state index in [0.29, 0.717) is 45.1 Å². The van der Waals surface area contributed by atoms with Crippen LogP contribution >= 0.6 is 15.9 Å². The van der Waals surface area contributed by atoms with Crippen LogP contribution in [0.15, 0.2) is 76.3 Å². The minimum absolute atomic E-state index is 0.275. The Morgan fingerprint density at radius 3 is 2.29 bits per heavy atom. The zero-order chi connectivity index (χ0) is 29.6. The van der Waals surface area contributed by atoms with E-state index < -0.39 is 30.1 Å². The van der Waals surface area contributed by atoms with Crippen molar-refractivity contribution < 1.29 is 33.4 Å². The first-order chi connectivity index (χ1) is 19.8. The second-order valence-electron chi connectivity index (χ2n) is 8.27. The molecule has 3 aromatic rings. The molecule has 0 fully saturated rings. The number of amides is 3. The fraction of sp³-hybridized carbons (Fsp3) is 0.207. The Bertz CT molecular complexity index is 1410. The largest absolute Gasteiger partial charge is 0.490 e. The van der Waals surface area contributed by atoms with Crippen molar-refractivity contribution in [3.05, 3.63) is 82.3 Å². The number of nitrogens with one attached hydrogen (secondary N) is 3. The van der Waals surface area contributed by atoms with Gasteiger partial charge in [0.2, 0.25) is 11.8 Å². The number of ether oxygens (including phenoxy) is 3. The van der Waals surface area contributed by atoms with Crippen LogP contribution in [0.25, 0.3) is 0 Å². The number of esters is 1. The third-order valence-electron chi connectivity index (χ3n) is 5.18. The summed E-state index contributed by atoms with van der Waals surface area (Å²) in [6, 6.07) is 18.3. The molecule has 0 aliphatic rings. The van der Waals surface area contributed by atoms with Gasteiger partial charge in [-0.3, -0.25) is 14.4 Å². The van der Waals surface area contributed by atoms with Gasteiger partial charge in [0, 0.05) is 10.2 Å². The predicted molar refractivity (Wildman–Crippen MR) is 157 cm³/mol. The molecule has 0 bridgehead atoms. The number of hydrogen-bond donors (Lipinski definition) is 3. The summed E-state index contributed by atoms with van der Waals surface area (Å²) in [4.78, 5) is 48.3. The molecular formula is C29H29BrN4O7. The molecule has 11 nitrogen and oxygen atoms in total. The van der Waals surface area contributed by atoms with E-state index in [4.69, 9.17) is 14.2 Å². The minimum atomic E-state index is -0.586. The van der Waals surface area contributed by atoms with Crippen molar-refractivity contribution >= 4 is 57.2 Å². The van der Waals surface area contributed by atoms with Crippen LogP contribution < -0.4 is 25.5 Å². The summed E-state index contributed by atoms with van der Waals surface area (Å²) in [5, 5.41) is 9.23. The fourth-order valence-electron chi connectivity index (χ4n) is 3.36. The molecule has 0 unspecified atom stereocenters. The van der Waals surface area contributed by atoms with Crippen molar-refractivity contribution in [1.29, 1.82) is 0 Å². The molecule has 0 aliphatic heterocycles. The van der Waals surface area contributed by atoms with Gasteiger partial charge in [-0.25, -0.2) is 10.2 Å². The first-order valence-corrected chi connectivity index (χ1v) is 13.4. The van der Waals surface area contributed by atoms with Gasteiger partial charge in [0.25, 0.3) is 5.91 Å². The van der Waals surface area contributed by atoms with Gasteiger partial charge < -0.3 is 24.8 Å². The second kappa shape index (κ2) is 15.8. The predicted octanol–water partition coefficient (Wildman–Crippen LogP) is 4.52. The normalized spacial score (nSPS) is 10.5. The minimum Gasteiger partial charge on any atom is -0.490 e. The molecule has 3 amide bonds. The number of anilines is 2. The lowest BCUT2D eigenvalue weighted by Crippen LogP contribution is -2.24. The third kappa shape index (κ3) is 10.1. The lowest BCUT2D eigenvalue weighted by atomic mass is 10.2. The summed E-state index contributed by atoms with van der Waals surface area (Å²) in [5.41, 5.74) is 4.34. The number of nitrogens with zero attached hydrogens (tertiary/aromatic N) is 1. The van der Waals surface area contributed by atoms with Crippen molar-refractivity contribution in [2.45, 2.75) is 20.3 Å². The summed E-state index contributed by atoms with van der Waals surface area (Å²) in [7, 11) is 0. The standard InChI is InChI=1S/C29H29BrN4O7/c1-3-39-25-15-19(17-31-34-27(36)16-26(35)33-23-8-6-5-7-22(23)30)9-14-24(25)41-18-28(37)32-21-12-10-20(11-13-21)29(38)40-4-2/h5-15,17H,3-4,16,18H2,1-2H3,(H,32,37)(H,33,35)(H,34,36). The Labute approximate surface area is 245 Å². The number of benzene rings is 3. The lowest BCUT2D eigenvalue weighted by Gasteiger charge is -2.13. The van der Waals surface area contributed by atoms with Gasteiger partial charge in [-0.05, 0) is 89.9 Å². The van der Waals surface area contributed by atoms with Crippen LogP contribution in [0.4, 0.5) is 11.4 Å². The molecule has 0 atom stereocenters. The van der Waals surface area contributed by atoms with Gasteiger partial charge in [0.1, 0.15) is 6.42 Å². The molecule has 0 radical (unpaired) electrons. The summed E-state index contributed by atoms with van der Waals surface area (Å²) < 4.78 is 16.9. The zero-order valence-corrected chi connectivity index (χ0v) is 24.0. The molecule has 3 N–H and O–H groups in total. The third-order valence-corrected chi connectivity index (χ3v) is 5.87. The monoisotopic (exact) mass is 624 g/mol. The molecule has 0 saturated carbocycles. The molecule has 0 aliphatic carbocycles. The summed E-state index contributed by atoms with van der Waals surface area (Å²) in [5.74, 6) is -1.20. The number of halogens is 1. The molecule has 214 valence electrons. The van der Waals surface area contributed by atoms with Gasteiger partial charge in [0.05, 0.1) is 30.7 Å². The first kappa shape index (κ1) is 30.8. The van der Waals surface area contributed by atoms with E-state index in [1.165, 1.54) is 6.21 Å². The Morgan fingerprint density at radius 1 is 0.829 bits per heavy atom. The molecular weight excluding hydrogens is 596 g/mol. The van der Waals surface area contributed by atoms with Gasteiger partial charge >= 0.3 is 5.97 Å². The van der Waals surface area contributed by atoms with E-state index in [1.807, 2.05) is 6.07 Å². The van der Waals surface area contributed by atoms with Gasteiger partial charge in [0.15, 0.2) is 18.1 Å². The van der Waals surface area contributed by atoms with Gasteiger partial charge in [-0.2, -0.15) is 5.10 Å². The smallest absolute Gasteiger partial charge is 0.338 e. The summed E-state index contributed by atoms with van der Waals surface area (Å²) in [6.07, 6.45) is 0.982. The number of hydrogen-bond acceptors (Lipinski definition) is 8. The summed E-state index contributed by atoms with van der Waals surface area (Å²) >= 11 is 3.33. The lowest BCUT2D eigenvalue weighted by molar-refractivity contribution is -0.126. The maximum absolute atomic E-state index is 12.4. The Kier molecular flexibility index (Phi) is 11.9. The quantitative estimate of drug-likeness (QED) is 0.110. The second-order valence-corrected chi connectivity index (χ2v) is 9.13. The van der Waals surface area contributed by atoms with Crippen LogP contribution in [0, 0.1) is 0 Å². The van der Waals surface area contributed by atoms with Crippen LogP contribution in [-0.4, -0.2) is 49.7 Å². The molecule has 0 spiro atoms. The molecule has 41 heavy (non-hydrogen) atoms. The van der Waals surface area contributed by atoms with Crippen molar-refractivity contribution in [2.24, 2.45) is 5.10 Å². The Balaban J connectivity index is 1.50. The summed E-state index contributed by atoms with van der Waals surface area (Å²) in [6.45, 7) is 3.86. The van der Waals surface area contributed by atoms with E-state index in [9.17, 15) is 19.2 Å². The Morgan fingerprint density at radius 2 is 1.59 bits per heavy atom. The van der Waals surface area contributed by atoms with Gasteiger partial charge in [-0.15, -0.1) is 0 Å². The fourth-order valence-corrected chi connectivity index (χ4v) is 3.74. The average molecular weight is 625 g/mol.